The SMILES string of the molecule is CC(=O)c1ccc(NC(=O)N[C@H](C(=O)[O-])C(C)C)cc1. The van der Waals surface area contributed by atoms with Crippen LogP contribution in [-0.4, -0.2) is 23.8 Å². The van der Waals surface area contributed by atoms with Gasteiger partial charge in [0.25, 0.3) is 0 Å². The van der Waals surface area contributed by atoms with Crippen molar-refractivity contribution in [3.05, 3.63) is 29.8 Å². The monoisotopic (exact) mass is 277 g/mol. The fourth-order valence-electron chi connectivity index (χ4n) is 1.59. The van der Waals surface area contributed by atoms with Crippen LogP contribution >= 0.6 is 0 Å². The minimum Gasteiger partial charge on any atom is -0.548 e. The highest BCUT2D eigenvalue weighted by Crippen LogP contribution is 2.10. The van der Waals surface area contributed by atoms with Gasteiger partial charge in [-0.15, -0.1) is 0 Å². The summed E-state index contributed by atoms with van der Waals surface area (Å²) in [4.78, 5) is 33.6. The fourth-order valence-corrected chi connectivity index (χ4v) is 1.59. The Labute approximate surface area is 117 Å². The minimum absolute atomic E-state index is 0.0715. The molecule has 0 bridgehead atoms. The van der Waals surface area contributed by atoms with Crippen LogP contribution in [0.4, 0.5) is 10.5 Å². The average Bonchev–Trinajstić information content (AvgIpc) is 2.35. The maximum atomic E-state index is 11.7. The van der Waals surface area contributed by atoms with E-state index in [4.69, 9.17) is 0 Å². The maximum absolute atomic E-state index is 11.7. The summed E-state index contributed by atoms with van der Waals surface area (Å²) in [6.45, 7) is 4.78. The molecule has 1 aromatic carbocycles. The van der Waals surface area contributed by atoms with Gasteiger partial charge in [0, 0.05) is 11.3 Å². The van der Waals surface area contributed by atoms with Crippen molar-refractivity contribution in [2.45, 2.75) is 26.8 Å². The molecular formula is C14H17N2O4-. The average molecular weight is 277 g/mol. The third-order valence-corrected chi connectivity index (χ3v) is 2.76. The molecule has 6 heteroatoms. The second-order valence-corrected chi connectivity index (χ2v) is 4.77. The molecule has 0 aliphatic heterocycles. The van der Waals surface area contributed by atoms with Gasteiger partial charge in [0.1, 0.15) is 0 Å². The number of anilines is 1. The number of nitrogens with one attached hydrogen (secondary N) is 2. The molecule has 0 aliphatic rings. The van der Waals surface area contributed by atoms with Crippen LogP contribution in [0.25, 0.3) is 0 Å². The van der Waals surface area contributed by atoms with Gasteiger partial charge in [0.05, 0.1) is 12.0 Å². The van der Waals surface area contributed by atoms with Gasteiger partial charge in [0.2, 0.25) is 0 Å². The first kappa shape index (κ1) is 15.7. The molecule has 0 radical (unpaired) electrons. The Bertz CT molecular complexity index is 508. The lowest BCUT2D eigenvalue weighted by molar-refractivity contribution is -0.309. The van der Waals surface area contributed by atoms with E-state index in [-0.39, 0.29) is 11.7 Å². The topological polar surface area (TPSA) is 98.3 Å². The van der Waals surface area contributed by atoms with Gasteiger partial charge in [-0.3, -0.25) is 4.79 Å². The summed E-state index contributed by atoms with van der Waals surface area (Å²) in [5.41, 5.74) is 0.999. The number of carbonyl (C=O) groups excluding carboxylic acids is 3. The highest BCUT2D eigenvalue weighted by atomic mass is 16.4. The van der Waals surface area contributed by atoms with Gasteiger partial charge in [0.15, 0.2) is 5.78 Å². The second kappa shape index (κ2) is 6.70. The standard InChI is InChI=1S/C14H18N2O4/c1-8(2)12(13(18)19)16-14(20)15-11-6-4-10(5-7-11)9(3)17/h4-8,12H,1-3H3,(H,18,19)(H2,15,16,20)/p-1/t12-/m0/s1. The predicted molar refractivity (Wildman–Crippen MR) is 72.2 cm³/mol. The van der Waals surface area contributed by atoms with Crippen molar-refractivity contribution in [2.75, 3.05) is 5.32 Å². The number of amides is 2. The van der Waals surface area contributed by atoms with Crippen molar-refractivity contribution >= 4 is 23.5 Å². The van der Waals surface area contributed by atoms with Gasteiger partial charge >= 0.3 is 6.03 Å². The van der Waals surface area contributed by atoms with Crippen molar-refractivity contribution < 1.29 is 19.5 Å². The van der Waals surface area contributed by atoms with Crippen molar-refractivity contribution in [3.8, 4) is 0 Å². The van der Waals surface area contributed by atoms with Crippen LogP contribution in [0.2, 0.25) is 0 Å². The van der Waals surface area contributed by atoms with E-state index in [1.807, 2.05) is 0 Å². The molecule has 2 N–H and O–H groups in total. The summed E-state index contributed by atoms with van der Waals surface area (Å²) in [7, 11) is 0. The number of carboxylic acids is 1. The van der Waals surface area contributed by atoms with E-state index in [2.05, 4.69) is 10.6 Å². The fraction of sp³-hybridized carbons (Fsp3) is 0.357. The molecule has 0 spiro atoms. The number of hydrogen-bond acceptors (Lipinski definition) is 4. The van der Waals surface area contributed by atoms with E-state index in [0.717, 1.165) is 0 Å². The van der Waals surface area contributed by atoms with Gasteiger partial charge in [-0.1, -0.05) is 13.8 Å². The number of hydrogen-bond donors (Lipinski definition) is 2. The van der Waals surface area contributed by atoms with Gasteiger partial charge in [-0.05, 0) is 37.1 Å². The molecule has 0 unspecified atom stereocenters. The van der Waals surface area contributed by atoms with Crippen LogP contribution in [0, 0.1) is 5.92 Å². The Morgan fingerprint density at radius 3 is 2.05 bits per heavy atom. The lowest BCUT2D eigenvalue weighted by Gasteiger charge is -2.23. The number of ketones is 1. The predicted octanol–water partition coefficient (Wildman–Crippen LogP) is 0.785. The molecule has 1 atom stereocenters. The Kier molecular flexibility index (Phi) is 5.25. The normalized spacial score (nSPS) is 11.8. The molecule has 0 fully saturated rings. The van der Waals surface area contributed by atoms with Gasteiger partial charge in [-0.25, -0.2) is 4.79 Å². The lowest BCUT2D eigenvalue weighted by atomic mass is 10.1. The molecule has 0 aliphatic carbocycles. The van der Waals surface area contributed by atoms with E-state index in [1.54, 1.807) is 38.1 Å². The zero-order valence-electron chi connectivity index (χ0n) is 11.6. The first-order valence-corrected chi connectivity index (χ1v) is 6.20. The van der Waals surface area contributed by atoms with Crippen molar-refractivity contribution in [1.82, 2.24) is 5.32 Å². The number of Topliss-reactive ketones (excluding diaryl/α,β-unsaturated/α-hetero) is 1. The van der Waals surface area contributed by atoms with Crippen molar-refractivity contribution in [1.29, 1.82) is 0 Å². The Balaban J connectivity index is 2.66. The number of carboxylic acid groups (broad SMARTS) is 1. The molecule has 0 heterocycles. The number of urea groups is 1. The zero-order chi connectivity index (χ0) is 15.3. The zero-order valence-corrected chi connectivity index (χ0v) is 11.6. The van der Waals surface area contributed by atoms with Crippen LogP contribution in [0.5, 0.6) is 0 Å². The lowest BCUT2D eigenvalue weighted by Crippen LogP contribution is -2.51. The molecule has 0 aromatic heterocycles. The smallest absolute Gasteiger partial charge is 0.319 e. The quantitative estimate of drug-likeness (QED) is 0.777. The van der Waals surface area contributed by atoms with Crippen molar-refractivity contribution in [3.63, 3.8) is 0 Å². The molecule has 1 aromatic rings. The Hall–Kier alpha value is -2.37. The molecule has 0 saturated carbocycles. The molecule has 1 rings (SSSR count). The molecule has 20 heavy (non-hydrogen) atoms. The van der Waals surface area contributed by atoms with Gasteiger partial charge < -0.3 is 20.5 Å². The third kappa shape index (κ3) is 4.38. The molecule has 0 saturated heterocycles. The van der Waals surface area contributed by atoms with E-state index in [1.165, 1.54) is 6.92 Å². The van der Waals surface area contributed by atoms with Crippen LogP contribution in [0.3, 0.4) is 0 Å². The first-order valence-electron chi connectivity index (χ1n) is 6.20. The largest absolute Gasteiger partial charge is 0.548 e. The number of aliphatic carboxylic acids is 1. The summed E-state index contributed by atoms with van der Waals surface area (Å²) in [5.74, 6) is -1.69. The van der Waals surface area contributed by atoms with Crippen LogP contribution in [0.1, 0.15) is 31.1 Å². The maximum Gasteiger partial charge on any atom is 0.319 e. The number of carbonyl (C=O) groups is 3. The highest BCUT2D eigenvalue weighted by Gasteiger charge is 2.17. The summed E-state index contributed by atoms with van der Waals surface area (Å²) >= 11 is 0. The summed E-state index contributed by atoms with van der Waals surface area (Å²) in [5, 5.41) is 15.7. The number of rotatable bonds is 5. The number of benzene rings is 1. The van der Waals surface area contributed by atoms with Crippen LogP contribution < -0.4 is 15.7 Å². The second-order valence-electron chi connectivity index (χ2n) is 4.77. The van der Waals surface area contributed by atoms with E-state index in [0.29, 0.717) is 11.3 Å². The third-order valence-electron chi connectivity index (χ3n) is 2.76. The van der Waals surface area contributed by atoms with Crippen molar-refractivity contribution in [2.24, 2.45) is 5.92 Å². The molecule has 6 nitrogen and oxygen atoms in total. The van der Waals surface area contributed by atoms with Gasteiger partial charge in [-0.2, -0.15) is 0 Å². The van der Waals surface area contributed by atoms with E-state index in [9.17, 15) is 19.5 Å². The molecule has 2 amide bonds. The Morgan fingerprint density at radius 2 is 1.65 bits per heavy atom. The van der Waals surface area contributed by atoms with Crippen LogP contribution in [0.15, 0.2) is 24.3 Å². The van der Waals surface area contributed by atoms with E-state index >= 15 is 0 Å². The Morgan fingerprint density at radius 1 is 1.10 bits per heavy atom. The van der Waals surface area contributed by atoms with Crippen LogP contribution in [-0.2, 0) is 4.79 Å². The minimum atomic E-state index is -1.33. The summed E-state index contributed by atoms with van der Waals surface area (Å²) in [6, 6.07) is 4.60. The highest BCUT2D eigenvalue weighted by molar-refractivity contribution is 5.95. The summed E-state index contributed by atoms with van der Waals surface area (Å²) < 4.78 is 0. The van der Waals surface area contributed by atoms with E-state index < -0.39 is 18.0 Å². The molecular weight excluding hydrogens is 260 g/mol. The first-order chi connectivity index (χ1) is 9.31. The summed E-state index contributed by atoms with van der Waals surface area (Å²) in [6.07, 6.45) is 0. The molecule has 108 valence electrons.